The first kappa shape index (κ1) is 25.3. The van der Waals surface area contributed by atoms with Gasteiger partial charge in [0.1, 0.15) is 5.82 Å². The summed E-state index contributed by atoms with van der Waals surface area (Å²) < 4.78 is 25.6. The molecule has 1 aromatic heterocycles. The Kier molecular flexibility index (Phi) is 6.05. The molecule has 4 aliphatic rings. The first-order valence-electron chi connectivity index (χ1n) is 13.7. The molecule has 1 aromatic carbocycles. The molecule has 1 atom stereocenters. The zero-order chi connectivity index (χ0) is 26.8. The molecular formula is C29H36N4O4S. The van der Waals surface area contributed by atoms with E-state index >= 15 is 0 Å². The highest BCUT2D eigenvalue weighted by atomic mass is 32.2. The maximum absolute atomic E-state index is 13.6. The number of nitrogens with one attached hydrogen (secondary N) is 1. The Bertz CT molecular complexity index is 1400. The van der Waals surface area contributed by atoms with Gasteiger partial charge >= 0.3 is 0 Å². The zero-order valence-corrected chi connectivity index (χ0v) is 23.2. The van der Waals surface area contributed by atoms with Gasteiger partial charge in [0.25, 0.3) is 5.91 Å². The third kappa shape index (κ3) is 4.70. The molecule has 38 heavy (non-hydrogen) atoms. The van der Waals surface area contributed by atoms with Crippen molar-refractivity contribution in [2.24, 2.45) is 5.41 Å². The smallest absolute Gasteiger partial charge is 0.255 e. The molecule has 2 saturated carbocycles. The Morgan fingerprint density at radius 2 is 1.68 bits per heavy atom. The number of carbonyl (C=O) groups is 2. The fourth-order valence-corrected chi connectivity index (χ4v) is 6.97. The molecular weight excluding hydrogens is 500 g/mol. The minimum atomic E-state index is -3.69. The minimum absolute atomic E-state index is 0.00807. The normalized spacial score (nSPS) is 23.4. The summed E-state index contributed by atoms with van der Waals surface area (Å²) in [6, 6.07) is 7.22. The van der Waals surface area contributed by atoms with E-state index in [0.717, 1.165) is 12.1 Å². The van der Waals surface area contributed by atoms with Gasteiger partial charge in [0.05, 0.1) is 16.4 Å². The fourth-order valence-electron chi connectivity index (χ4n) is 6.06. The SMILES string of the molecule is CC1(C)CNC(=O)C1c1ccc(C(=O)N2CCN(c3ncc(C4CC4)cc3C3CC3)CC2)c(S(C)(=O)=O)c1. The lowest BCUT2D eigenvalue weighted by Crippen LogP contribution is -2.49. The van der Waals surface area contributed by atoms with Crippen LogP contribution in [0.2, 0.25) is 0 Å². The van der Waals surface area contributed by atoms with Crippen molar-refractivity contribution in [3.05, 3.63) is 52.7 Å². The number of benzene rings is 1. The predicted octanol–water partition coefficient (Wildman–Crippen LogP) is 3.44. The number of hydrogen-bond acceptors (Lipinski definition) is 6. The van der Waals surface area contributed by atoms with E-state index < -0.39 is 15.8 Å². The zero-order valence-electron chi connectivity index (χ0n) is 22.4. The van der Waals surface area contributed by atoms with Crippen LogP contribution < -0.4 is 10.2 Å². The lowest BCUT2D eigenvalue weighted by Gasteiger charge is -2.36. The van der Waals surface area contributed by atoms with Crippen molar-refractivity contribution < 1.29 is 18.0 Å². The van der Waals surface area contributed by atoms with Crippen LogP contribution in [-0.4, -0.2) is 69.1 Å². The molecule has 2 amide bonds. The van der Waals surface area contributed by atoms with Crippen LogP contribution in [0.15, 0.2) is 35.4 Å². The number of amides is 2. The summed E-state index contributed by atoms with van der Waals surface area (Å²) in [7, 11) is -3.69. The molecule has 2 aliphatic carbocycles. The first-order valence-corrected chi connectivity index (χ1v) is 15.6. The summed E-state index contributed by atoms with van der Waals surface area (Å²) in [6.07, 6.45) is 8.09. The predicted molar refractivity (Wildman–Crippen MR) is 145 cm³/mol. The summed E-state index contributed by atoms with van der Waals surface area (Å²) >= 11 is 0. The van der Waals surface area contributed by atoms with E-state index in [-0.39, 0.29) is 27.7 Å². The van der Waals surface area contributed by atoms with Crippen LogP contribution >= 0.6 is 0 Å². The van der Waals surface area contributed by atoms with Gasteiger partial charge < -0.3 is 15.1 Å². The van der Waals surface area contributed by atoms with Crippen molar-refractivity contribution in [2.75, 3.05) is 43.9 Å². The number of hydrogen-bond donors (Lipinski definition) is 1. The monoisotopic (exact) mass is 536 g/mol. The fraction of sp³-hybridized carbons (Fsp3) is 0.552. The number of nitrogens with zero attached hydrogens (tertiary/aromatic N) is 3. The van der Waals surface area contributed by atoms with Gasteiger partial charge in [-0.1, -0.05) is 26.0 Å². The van der Waals surface area contributed by atoms with E-state index in [9.17, 15) is 18.0 Å². The van der Waals surface area contributed by atoms with Gasteiger partial charge in [0, 0.05) is 45.2 Å². The molecule has 2 saturated heterocycles. The van der Waals surface area contributed by atoms with Gasteiger partial charge in [0.2, 0.25) is 5.91 Å². The molecule has 0 spiro atoms. The molecule has 2 aliphatic heterocycles. The summed E-state index contributed by atoms with van der Waals surface area (Å²) in [5, 5.41) is 2.88. The molecule has 6 rings (SSSR count). The van der Waals surface area contributed by atoms with E-state index in [2.05, 4.69) is 16.3 Å². The van der Waals surface area contributed by atoms with Gasteiger partial charge in [-0.3, -0.25) is 9.59 Å². The molecule has 4 fully saturated rings. The summed E-state index contributed by atoms with van der Waals surface area (Å²) in [6.45, 7) is 6.80. The van der Waals surface area contributed by atoms with Gasteiger partial charge in [-0.25, -0.2) is 13.4 Å². The number of aromatic nitrogens is 1. The first-order chi connectivity index (χ1) is 18.0. The van der Waals surface area contributed by atoms with E-state index in [1.54, 1.807) is 17.0 Å². The van der Waals surface area contributed by atoms with Crippen molar-refractivity contribution >= 4 is 27.5 Å². The van der Waals surface area contributed by atoms with Crippen molar-refractivity contribution in [1.29, 1.82) is 0 Å². The minimum Gasteiger partial charge on any atom is -0.355 e. The Balaban J connectivity index is 1.22. The van der Waals surface area contributed by atoms with Crippen molar-refractivity contribution in [1.82, 2.24) is 15.2 Å². The molecule has 1 unspecified atom stereocenters. The average Bonchev–Trinajstić information content (AvgIpc) is 3.80. The van der Waals surface area contributed by atoms with Crippen LogP contribution in [0.3, 0.4) is 0 Å². The lowest BCUT2D eigenvalue weighted by molar-refractivity contribution is -0.121. The topological polar surface area (TPSA) is 99.7 Å². The van der Waals surface area contributed by atoms with Crippen molar-refractivity contribution in [2.45, 2.75) is 62.2 Å². The van der Waals surface area contributed by atoms with Crippen LogP contribution in [-0.2, 0) is 14.6 Å². The molecule has 8 nitrogen and oxygen atoms in total. The van der Waals surface area contributed by atoms with Crippen LogP contribution in [0.5, 0.6) is 0 Å². The van der Waals surface area contributed by atoms with Crippen LogP contribution in [0.25, 0.3) is 0 Å². The van der Waals surface area contributed by atoms with Gasteiger partial charge in [-0.05, 0) is 71.8 Å². The molecule has 2 aromatic rings. The Labute approximate surface area is 224 Å². The van der Waals surface area contributed by atoms with E-state index in [0.29, 0.717) is 50.1 Å². The number of sulfone groups is 1. The van der Waals surface area contributed by atoms with Gasteiger partial charge in [-0.2, -0.15) is 0 Å². The molecule has 0 radical (unpaired) electrons. The summed E-state index contributed by atoms with van der Waals surface area (Å²) in [4.78, 5) is 35.0. The standard InChI is InChI=1S/C29H36N4O4S/c1-29(2)17-31-27(34)25(29)20-8-9-22(24(15-20)38(3,36)37)28(35)33-12-10-32(11-13-33)26-23(19-6-7-19)14-21(16-30-26)18-4-5-18/h8-9,14-16,18-19,25H,4-7,10-13,17H2,1-3H3,(H,31,34). The molecule has 0 bridgehead atoms. The Hall–Kier alpha value is -2.94. The van der Waals surface area contributed by atoms with Gasteiger partial charge in [0.15, 0.2) is 9.84 Å². The largest absolute Gasteiger partial charge is 0.355 e. The molecule has 202 valence electrons. The second-order valence-electron chi connectivity index (χ2n) is 12.2. The highest BCUT2D eigenvalue weighted by Crippen LogP contribution is 2.47. The number of pyridine rings is 1. The maximum Gasteiger partial charge on any atom is 0.255 e. The van der Waals surface area contributed by atoms with Crippen LogP contribution in [0.1, 0.15) is 84.3 Å². The van der Waals surface area contributed by atoms with Gasteiger partial charge in [-0.15, -0.1) is 0 Å². The third-order valence-electron chi connectivity index (χ3n) is 8.58. The van der Waals surface area contributed by atoms with Crippen LogP contribution in [0, 0.1) is 5.41 Å². The van der Waals surface area contributed by atoms with Crippen molar-refractivity contribution in [3.63, 3.8) is 0 Å². The maximum atomic E-state index is 13.6. The molecule has 3 heterocycles. The highest BCUT2D eigenvalue weighted by molar-refractivity contribution is 7.90. The summed E-state index contributed by atoms with van der Waals surface area (Å²) in [5.41, 5.74) is 3.16. The van der Waals surface area contributed by atoms with E-state index in [4.69, 9.17) is 4.98 Å². The molecule has 1 N–H and O–H groups in total. The third-order valence-corrected chi connectivity index (χ3v) is 9.72. The number of rotatable bonds is 6. The Morgan fingerprint density at radius 3 is 2.26 bits per heavy atom. The number of anilines is 1. The second kappa shape index (κ2) is 9.07. The highest BCUT2D eigenvalue weighted by Gasteiger charge is 2.43. The van der Waals surface area contributed by atoms with Crippen molar-refractivity contribution in [3.8, 4) is 0 Å². The van der Waals surface area contributed by atoms with E-state index in [1.807, 2.05) is 20.0 Å². The number of carbonyl (C=O) groups excluding carboxylic acids is 2. The second-order valence-corrected chi connectivity index (χ2v) is 14.2. The number of piperazine rings is 1. The van der Waals surface area contributed by atoms with E-state index in [1.165, 1.54) is 42.9 Å². The van der Waals surface area contributed by atoms with Crippen LogP contribution in [0.4, 0.5) is 5.82 Å². The Morgan fingerprint density at radius 1 is 1.00 bits per heavy atom. The average molecular weight is 537 g/mol. The summed E-state index contributed by atoms with van der Waals surface area (Å²) in [5.74, 6) is 1.45. The quantitative estimate of drug-likeness (QED) is 0.607. The molecule has 9 heteroatoms. The lowest BCUT2D eigenvalue weighted by atomic mass is 9.77.